The maximum atomic E-state index is 10.8. The van der Waals surface area contributed by atoms with Crippen LogP contribution in [-0.4, -0.2) is 41.8 Å². The van der Waals surface area contributed by atoms with E-state index in [0.29, 0.717) is 6.42 Å². The fraction of sp³-hybridized carbons (Fsp3) is 0.647. The first kappa shape index (κ1) is 16.8. The molecule has 1 N–H and O–H groups in total. The maximum Gasteiger partial charge on any atom is 0.133 e. The van der Waals surface area contributed by atoms with E-state index in [2.05, 4.69) is 34.7 Å². The zero-order valence-electron chi connectivity index (χ0n) is 13.2. The fourth-order valence-electron chi connectivity index (χ4n) is 3.18. The molecule has 2 rings (SSSR count). The van der Waals surface area contributed by atoms with Crippen LogP contribution in [0.2, 0.25) is 0 Å². The zero-order valence-corrected chi connectivity index (χ0v) is 14.8. The molecule has 1 aliphatic heterocycles. The fourth-order valence-corrected chi connectivity index (χ4v) is 3.77. The predicted octanol–water partition coefficient (Wildman–Crippen LogP) is 3.63. The van der Waals surface area contributed by atoms with Crippen LogP contribution in [-0.2, 0) is 6.42 Å². The molecule has 1 aromatic carbocycles. The number of likely N-dealkylation sites (tertiary alicyclic amines) is 1. The Morgan fingerprint density at radius 2 is 2.05 bits per heavy atom. The number of aliphatic hydroxyl groups is 1. The average Bonchev–Trinajstić information content (AvgIpc) is 3.01. The number of benzene rings is 1. The molecule has 0 aromatic heterocycles. The highest BCUT2D eigenvalue weighted by Crippen LogP contribution is 2.31. The van der Waals surface area contributed by atoms with Gasteiger partial charge in [0.15, 0.2) is 0 Å². The van der Waals surface area contributed by atoms with E-state index in [1.807, 2.05) is 18.2 Å². The summed E-state index contributed by atoms with van der Waals surface area (Å²) >= 11 is 3.51. The lowest BCUT2D eigenvalue weighted by Crippen LogP contribution is -2.53. The summed E-state index contributed by atoms with van der Waals surface area (Å²) in [6.45, 7) is 6.58. The van der Waals surface area contributed by atoms with Crippen LogP contribution in [0.3, 0.4) is 0 Å². The molecular formula is C17H26BrNO2. The minimum atomic E-state index is -0.360. The van der Waals surface area contributed by atoms with Gasteiger partial charge in [-0.2, -0.15) is 0 Å². The van der Waals surface area contributed by atoms with Crippen LogP contribution in [0.4, 0.5) is 0 Å². The number of hydrogen-bond donors (Lipinski definition) is 1. The minimum absolute atomic E-state index is 0.136. The highest BCUT2D eigenvalue weighted by Gasteiger charge is 2.38. The molecule has 4 heteroatoms. The van der Waals surface area contributed by atoms with Gasteiger partial charge in [-0.25, -0.2) is 0 Å². The van der Waals surface area contributed by atoms with Crippen LogP contribution in [0.15, 0.2) is 22.7 Å². The molecule has 118 valence electrons. The average molecular weight is 356 g/mol. The largest absolute Gasteiger partial charge is 0.496 e. The van der Waals surface area contributed by atoms with Gasteiger partial charge >= 0.3 is 0 Å². The van der Waals surface area contributed by atoms with Gasteiger partial charge in [0.2, 0.25) is 0 Å². The number of nitrogens with zero attached hydrogens (tertiary/aromatic N) is 1. The predicted molar refractivity (Wildman–Crippen MR) is 89.9 cm³/mol. The second-order valence-electron chi connectivity index (χ2n) is 6.09. The molecular weight excluding hydrogens is 330 g/mol. The maximum absolute atomic E-state index is 10.8. The first-order valence-corrected chi connectivity index (χ1v) is 8.56. The van der Waals surface area contributed by atoms with Crippen molar-refractivity contribution >= 4 is 15.9 Å². The van der Waals surface area contributed by atoms with Gasteiger partial charge in [0, 0.05) is 12.0 Å². The van der Waals surface area contributed by atoms with Crippen molar-refractivity contribution in [1.82, 2.24) is 4.90 Å². The van der Waals surface area contributed by atoms with Crippen molar-refractivity contribution in [3.8, 4) is 5.75 Å². The minimum Gasteiger partial charge on any atom is -0.496 e. The number of halogens is 1. The van der Waals surface area contributed by atoms with Crippen molar-refractivity contribution in [1.29, 1.82) is 0 Å². The van der Waals surface area contributed by atoms with Gasteiger partial charge in [-0.15, -0.1) is 0 Å². The lowest BCUT2D eigenvalue weighted by Gasteiger charge is -2.42. The number of aliphatic hydroxyl groups excluding tert-OH is 1. The van der Waals surface area contributed by atoms with E-state index in [1.165, 1.54) is 12.8 Å². The van der Waals surface area contributed by atoms with E-state index >= 15 is 0 Å². The monoisotopic (exact) mass is 355 g/mol. The molecule has 1 fully saturated rings. The Labute approximate surface area is 136 Å². The molecule has 0 spiro atoms. The van der Waals surface area contributed by atoms with E-state index in [-0.39, 0.29) is 11.6 Å². The molecule has 1 aliphatic rings. The first-order valence-electron chi connectivity index (χ1n) is 7.76. The third-order valence-electron chi connectivity index (χ3n) is 4.91. The van der Waals surface area contributed by atoms with Crippen LogP contribution < -0.4 is 4.74 Å². The Morgan fingerprint density at radius 3 is 2.57 bits per heavy atom. The molecule has 2 atom stereocenters. The van der Waals surface area contributed by atoms with Gasteiger partial charge < -0.3 is 9.84 Å². The summed E-state index contributed by atoms with van der Waals surface area (Å²) in [5.41, 5.74) is 0.997. The van der Waals surface area contributed by atoms with Gasteiger partial charge in [-0.05, 0) is 72.9 Å². The van der Waals surface area contributed by atoms with E-state index in [1.54, 1.807) is 7.11 Å². The molecule has 0 bridgehead atoms. The number of hydrogen-bond acceptors (Lipinski definition) is 3. The summed E-state index contributed by atoms with van der Waals surface area (Å²) in [4.78, 5) is 2.45. The molecule has 1 heterocycles. The Hall–Kier alpha value is -0.580. The summed E-state index contributed by atoms with van der Waals surface area (Å²) in [7, 11) is 1.66. The van der Waals surface area contributed by atoms with Crippen molar-refractivity contribution < 1.29 is 9.84 Å². The van der Waals surface area contributed by atoms with E-state index < -0.39 is 0 Å². The molecule has 0 saturated carbocycles. The smallest absolute Gasteiger partial charge is 0.133 e. The van der Waals surface area contributed by atoms with Crippen molar-refractivity contribution in [3.05, 3.63) is 28.2 Å². The summed E-state index contributed by atoms with van der Waals surface area (Å²) in [6.07, 6.45) is 3.77. The van der Waals surface area contributed by atoms with Gasteiger partial charge in [0.25, 0.3) is 0 Å². The highest BCUT2D eigenvalue weighted by molar-refractivity contribution is 9.10. The second kappa shape index (κ2) is 7.12. The zero-order chi connectivity index (χ0) is 15.5. The van der Waals surface area contributed by atoms with Crippen LogP contribution in [0.1, 0.15) is 38.7 Å². The van der Waals surface area contributed by atoms with E-state index in [9.17, 15) is 5.11 Å². The van der Waals surface area contributed by atoms with Gasteiger partial charge in [-0.3, -0.25) is 4.90 Å². The third-order valence-corrected chi connectivity index (χ3v) is 5.53. The van der Waals surface area contributed by atoms with Crippen LogP contribution >= 0.6 is 15.9 Å². The summed E-state index contributed by atoms with van der Waals surface area (Å²) in [5.74, 6) is 0.825. The lowest BCUT2D eigenvalue weighted by molar-refractivity contribution is -0.0117. The summed E-state index contributed by atoms with van der Waals surface area (Å²) < 4.78 is 6.20. The Balaban J connectivity index is 2.11. The van der Waals surface area contributed by atoms with Crippen molar-refractivity contribution in [3.63, 3.8) is 0 Å². The lowest BCUT2D eigenvalue weighted by atomic mass is 9.86. The van der Waals surface area contributed by atoms with Gasteiger partial charge in [0.1, 0.15) is 5.75 Å². The van der Waals surface area contributed by atoms with E-state index in [4.69, 9.17) is 4.74 Å². The van der Waals surface area contributed by atoms with Gasteiger partial charge in [-0.1, -0.05) is 13.0 Å². The van der Waals surface area contributed by atoms with Crippen LogP contribution in [0.5, 0.6) is 5.75 Å². The Morgan fingerprint density at radius 1 is 1.38 bits per heavy atom. The normalized spacial score (nSPS) is 20.2. The van der Waals surface area contributed by atoms with Crippen molar-refractivity contribution in [2.24, 2.45) is 0 Å². The topological polar surface area (TPSA) is 32.7 Å². The highest BCUT2D eigenvalue weighted by atomic mass is 79.9. The van der Waals surface area contributed by atoms with Crippen LogP contribution in [0, 0.1) is 0 Å². The number of ether oxygens (including phenoxy) is 1. The Bertz CT molecular complexity index is 474. The number of rotatable bonds is 6. The summed E-state index contributed by atoms with van der Waals surface area (Å²) in [6, 6.07) is 6.03. The van der Waals surface area contributed by atoms with Crippen LogP contribution in [0.25, 0.3) is 0 Å². The SMILES string of the molecule is CCC(C)(C(O)Cc1ccc(OC)c(Br)c1)N1CCCC1. The molecule has 21 heavy (non-hydrogen) atoms. The third kappa shape index (κ3) is 3.61. The molecule has 2 unspecified atom stereocenters. The van der Waals surface area contributed by atoms with E-state index in [0.717, 1.165) is 35.3 Å². The molecule has 0 aliphatic carbocycles. The number of methoxy groups -OCH3 is 1. The molecule has 3 nitrogen and oxygen atoms in total. The van der Waals surface area contributed by atoms with Crippen molar-refractivity contribution in [2.75, 3.05) is 20.2 Å². The first-order chi connectivity index (χ1) is 10.0. The molecule has 0 amide bonds. The molecule has 0 radical (unpaired) electrons. The molecule has 1 saturated heterocycles. The van der Waals surface area contributed by atoms with Gasteiger partial charge in [0.05, 0.1) is 17.7 Å². The quantitative estimate of drug-likeness (QED) is 0.845. The Kier molecular flexibility index (Phi) is 5.69. The van der Waals surface area contributed by atoms with Crippen molar-refractivity contribution in [2.45, 2.75) is 51.2 Å². The summed E-state index contributed by atoms with van der Waals surface area (Å²) in [5, 5.41) is 10.8. The molecule has 1 aromatic rings. The second-order valence-corrected chi connectivity index (χ2v) is 6.95. The standard InChI is InChI=1S/C17H26BrNO2/c1-4-17(2,19-9-5-6-10-19)16(20)12-13-7-8-15(21-3)14(18)11-13/h7-8,11,16,20H,4-6,9-10,12H2,1-3H3.